The second-order valence-corrected chi connectivity index (χ2v) is 8.02. The molecule has 0 radical (unpaired) electrons. The molecule has 1 atom stereocenters. The molecular weight excluding hydrogens is 413 g/mol. The van der Waals surface area contributed by atoms with Crippen LogP contribution < -0.4 is 10.5 Å². The number of ether oxygens (including phenoxy) is 1. The molecule has 0 spiro atoms. The van der Waals surface area contributed by atoms with E-state index in [1.54, 1.807) is 25.3 Å². The molecule has 3 aromatic rings. The van der Waals surface area contributed by atoms with Crippen molar-refractivity contribution in [2.45, 2.75) is 18.0 Å². The Bertz CT molecular complexity index is 1180. The fourth-order valence-corrected chi connectivity index (χ4v) is 4.54. The summed E-state index contributed by atoms with van der Waals surface area (Å²) in [6, 6.07) is 11.6. The molecule has 4 rings (SSSR count). The van der Waals surface area contributed by atoms with Crippen molar-refractivity contribution in [3.8, 4) is 16.3 Å². The smallest absolute Gasteiger partial charge is 0.402 e. The van der Waals surface area contributed by atoms with Gasteiger partial charge in [0.1, 0.15) is 16.2 Å². The van der Waals surface area contributed by atoms with Gasteiger partial charge < -0.3 is 10.5 Å². The molecule has 30 heavy (non-hydrogen) atoms. The Morgan fingerprint density at radius 1 is 1.20 bits per heavy atom. The van der Waals surface area contributed by atoms with Gasteiger partial charge in [-0.05, 0) is 30.2 Å². The van der Waals surface area contributed by atoms with E-state index < -0.39 is 23.9 Å². The number of aromatic nitrogens is 1. The predicted molar refractivity (Wildman–Crippen MR) is 110 cm³/mol. The van der Waals surface area contributed by atoms with Crippen LogP contribution in [0.3, 0.4) is 0 Å². The number of hydrogen-bond donors (Lipinski definition) is 1. The summed E-state index contributed by atoms with van der Waals surface area (Å²) in [5.41, 5.74) is 4.43. The van der Waals surface area contributed by atoms with Crippen LogP contribution in [0.4, 0.5) is 13.2 Å². The van der Waals surface area contributed by atoms with Gasteiger partial charge in [0, 0.05) is 11.1 Å². The Morgan fingerprint density at radius 3 is 2.57 bits per heavy atom. The zero-order valence-corrected chi connectivity index (χ0v) is 16.7. The van der Waals surface area contributed by atoms with Crippen molar-refractivity contribution < 1.29 is 22.7 Å². The first-order valence-electron chi connectivity index (χ1n) is 9.04. The number of nitrogens with two attached hydrogens (primary N) is 1. The minimum Gasteiger partial charge on any atom is -0.497 e. The highest BCUT2D eigenvalue weighted by Crippen LogP contribution is 2.48. The number of nitrogens with zero attached hydrogens (tertiary/aromatic N) is 1. The molecule has 2 N–H and O–H groups in total. The third-order valence-electron chi connectivity index (χ3n) is 5.21. The number of rotatable bonds is 4. The molecule has 1 aliphatic rings. The lowest BCUT2D eigenvalue weighted by molar-refractivity contribution is -0.176. The van der Waals surface area contributed by atoms with Crippen LogP contribution in [-0.2, 0) is 10.2 Å². The molecule has 0 aliphatic heterocycles. The number of halogens is 3. The largest absolute Gasteiger partial charge is 0.497 e. The van der Waals surface area contributed by atoms with E-state index in [4.69, 9.17) is 10.5 Å². The molecule has 0 saturated heterocycles. The van der Waals surface area contributed by atoms with Gasteiger partial charge in [-0.3, -0.25) is 4.79 Å². The number of hydrogen-bond acceptors (Lipinski definition) is 4. The fraction of sp³-hybridized carbons (Fsp3) is 0.182. The number of allylic oxidation sites excluding steroid dienone is 3. The van der Waals surface area contributed by atoms with E-state index in [1.165, 1.54) is 35.6 Å². The van der Waals surface area contributed by atoms with E-state index >= 15 is 0 Å². The third kappa shape index (κ3) is 3.37. The summed E-state index contributed by atoms with van der Waals surface area (Å²) >= 11 is 1.43. The topological polar surface area (TPSA) is 65.2 Å². The van der Waals surface area contributed by atoms with Crippen molar-refractivity contribution in [2.24, 2.45) is 5.73 Å². The highest BCUT2D eigenvalue weighted by Gasteiger charge is 2.55. The maximum Gasteiger partial charge on any atom is 0.402 e. The van der Waals surface area contributed by atoms with E-state index in [-0.39, 0.29) is 11.1 Å². The molecule has 1 amide bonds. The normalized spacial score (nSPS) is 19.0. The van der Waals surface area contributed by atoms with Gasteiger partial charge in [0.25, 0.3) is 0 Å². The molecule has 1 unspecified atom stereocenters. The highest BCUT2D eigenvalue weighted by atomic mass is 32.1. The van der Waals surface area contributed by atoms with E-state index in [9.17, 15) is 18.0 Å². The second-order valence-electron chi connectivity index (χ2n) is 6.99. The fourth-order valence-electron chi connectivity index (χ4n) is 3.54. The van der Waals surface area contributed by atoms with Crippen molar-refractivity contribution in [1.29, 1.82) is 0 Å². The Balaban J connectivity index is 1.72. The summed E-state index contributed by atoms with van der Waals surface area (Å²) in [7, 11) is 1.58. The standard InChI is InChI=1S/C22H17F3N2O2S/c1-29-16-8-9-17-18(11-16)30-20(27-17)13-4-6-15(7-5-13)21(22(23,24)25)10-2-3-14(12-21)19(26)28/h2-11H,12H2,1H3,(H2,26,28). The Hall–Kier alpha value is -3.13. The average Bonchev–Trinajstić information content (AvgIpc) is 3.16. The van der Waals surface area contributed by atoms with Crippen LogP contribution in [-0.4, -0.2) is 24.2 Å². The summed E-state index contributed by atoms with van der Waals surface area (Å²) in [4.78, 5) is 16.1. The molecule has 1 aromatic heterocycles. The molecule has 0 bridgehead atoms. The number of fused-ring (bicyclic) bond motifs is 1. The Morgan fingerprint density at radius 2 is 1.93 bits per heavy atom. The molecule has 2 aromatic carbocycles. The SMILES string of the molecule is COc1ccc2nc(-c3ccc(C4(C(F)(F)F)C=CC=C(C(N)=O)C4)cc3)sc2c1. The minimum atomic E-state index is -4.59. The number of amides is 1. The maximum absolute atomic E-state index is 14.1. The van der Waals surface area contributed by atoms with Crippen LogP contribution in [0.25, 0.3) is 20.8 Å². The van der Waals surface area contributed by atoms with Crippen LogP contribution in [0.2, 0.25) is 0 Å². The monoisotopic (exact) mass is 430 g/mol. The zero-order chi connectivity index (χ0) is 21.5. The summed E-state index contributed by atoms with van der Waals surface area (Å²) in [5.74, 6) is -0.142. The first-order chi connectivity index (χ1) is 14.2. The van der Waals surface area contributed by atoms with Crippen LogP contribution in [0, 0.1) is 0 Å². The molecular formula is C22H17F3N2O2S. The van der Waals surface area contributed by atoms with Gasteiger partial charge in [-0.1, -0.05) is 42.5 Å². The number of alkyl halides is 3. The minimum absolute atomic E-state index is 0.0460. The van der Waals surface area contributed by atoms with Crippen molar-refractivity contribution in [3.63, 3.8) is 0 Å². The zero-order valence-electron chi connectivity index (χ0n) is 15.9. The van der Waals surface area contributed by atoms with Crippen LogP contribution >= 0.6 is 11.3 Å². The van der Waals surface area contributed by atoms with Gasteiger partial charge in [-0.15, -0.1) is 11.3 Å². The van der Waals surface area contributed by atoms with Crippen LogP contribution in [0.1, 0.15) is 12.0 Å². The summed E-state index contributed by atoms with van der Waals surface area (Å²) in [6.07, 6.45) is -1.46. The Kier molecular flexibility index (Phi) is 4.89. The maximum atomic E-state index is 14.1. The van der Waals surface area contributed by atoms with Crippen molar-refractivity contribution in [2.75, 3.05) is 7.11 Å². The number of methoxy groups -OCH3 is 1. The molecule has 0 fully saturated rings. The predicted octanol–water partition coefficient (Wildman–Crippen LogP) is 5.14. The van der Waals surface area contributed by atoms with Crippen molar-refractivity contribution >= 4 is 27.5 Å². The summed E-state index contributed by atoms with van der Waals surface area (Å²) < 4.78 is 48.4. The first-order valence-corrected chi connectivity index (χ1v) is 9.85. The lowest BCUT2D eigenvalue weighted by atomic mass is 9.72. The van der Waals surface area contributed by atoms with E-state index in [2.05, 4.69) is 4.98 Å². The van der Waals surface area contributed by atoms with Gasteiger partial charge in [0.2, 0.25) is 5.91 Å². The third-order valence-corrected chi connectivity index (χ3v) is 6.28. The van der Waals surface area contributed by atoms with Crippen LogP contribution in [0.15, 0.2) is 66.3 Å². The van der Waals surface area contributed by atoms with Gasteiger partial charge in [-0.25, -0.2) is 4.98 Å². The van der Waals surface area contributed by atoms with E-state index in [0.717, 1.165) is 16.3 Å². The van der Waals surface area contributed by atoms with Crippen molar-refractivity contribution in [3.05, 3.63) is 71.8 Å². The molecule has 4 nitrogen and oxygen atoms in total. The number of benzene rings is 2. The molecule has 154 valence electrons. The quantitative estimate of drug-likeness (QED) is 0.623. The molecule has 8 heteroatoms. The van der Waals surface area contributed by atoms with Crippen LogP contribution in [0.5, 0.6) is 5.75 Å². The summed E-state index contributed by atoms with van der Waals surface area (Å²) in [5, 5.41) is 0.697. The highest BCUT2D eigenvalue weighted by molar-refractivity contribution is 7.21. The average molecular weight is 430 g/mol. The lowest BCUT2D eigenvalue weighted by Gasteiger charge is -2.35. The second kappa shape index (κ2) is 7.28. The van der Waals surface area contributed by atoms with Gasteiger partial charge in [-0.2, -0.15) is 13.2 Å². The molecule has 0 saturated carbocycles. The van der Waals surface area contributed by atoms with Gasteiger partial charge in [0.15, 0.2) is 0 Å². The summed E-state index contributed by atoms with van der Waals surface area (Å²) in [6.45, 7) is 0. The lowest BCUT2D eigenvalue weighted by Crippen LogP contribution is -2.43. The number of carbonyl (C=O) groups is 1. The number of carbonyl (C=O) groups excluding carboxylic acids is 1. The van der Waals surface area contributed by atoms with Crippen molar-refractivity contribution in [1.82, 2.24) is 4.98 Å². The van der Waals surface area contributed by atoms with Gasteiger partial charge in [0.05, 0.1) is 17.3 Å². The van der Waals surface area contributed by atoms with E-state index in [1.807, 2.05) is 12.1 Å². The molecule has 1 heterocycles. The number of thiazole rings is 1. The van der Waals surface area contributed by atoms with Gasteiger partial charge >= 0.3 is 6.18 Å². The first kappa shape index (κ1) is 20.2. The van der Waals surface area contributed by atoms with E-state index in [0.29, 0.717) is 16.3 Å². The number of primary amides is 1. The molecule has 1 aliphatic carbocycles. The Labute approximate surface area is 174 Å².